The third-order valence-electron chi connectivity index (χ3n) is 5.10. The molecule has 0 radical (unpaired) electrons. The fourth-order valence-electron chi connectivity index (χ4n) is 3.94. The summed E-state index contributed by atoms with van der Waals surface area (Å²) in [5.74, 6) is 1.11. The number of halogens is 1. The van der Waals surface area contributed by atoms with Crippen LogP contribution in [-0.4, -0.2) is 31.7 Å². The summed E-state index contributed by atoms with van der Waals surface area (Å²) >= 11 is 3.49. The van der Waals surface area contributed by atoms with Gasteiger partial charge in [0.1, 0.15) is 5.82 Å². The fraction of sp³-hybridized carbons (Fsp3) is 0.412. The number of primary amides is 1. The van der Waals surface area contributed by atoms with Gasteiger partial charge in [0, 0.05) is 25.5 Å². The van der Waals surface area contributed by atoms with Crippen LogP contribution < -0.4 is 16.4 Å². The van der Waals surface area contributed by atoms with E-state index < -0.39 is 0 Å². The lowest BCUT2D eigenvalue weighted by molar-refractivity contribution is -0.122. The number of nitrogens with zero attached hydrogens (tertiary/aromatic N) is 4. The highest BCUT2D eigenvalue weighted by Gasteiger charge is 2.47. The van der Waals surface area contributed by atoms with E-state index in [0.29, 0.717) is 11.8 Å². The third-order valence-corrected chi connectivity index (χ3v) is 5.68. The lowest BCUT2D eigenvalue weighted by Crippen LogP contribution is -2.41. The van der Waals surface area contributed by atoms with Gasteiger partial charge in [0.25, 0.3) is 0 Å². The molecule has 26 heavy (non-hydrogen) atoms. The van der Waals surface area contributed by atoms with E-state index in [1.807, 2.05) is 20.2 Å². The van der Waals surface area contributed by atoms with Crippen LogP contribution in [-0.2, 0) is 11.8 Å². The average Bonchev–Trinajstić information content (AvgIpc) is 3.25. The van der Waals surface area contributed by atoms with Crippen molar-refractivity contribution < 1.29 is 4.79 Å². The van der Waals surface area contributed by atoms with Gasteiger partial charge in [-0.25, -0.2) is 4.98 Å². The van der Waals surface area contributed by atoms with Crippen molar-refractivity contribution in [2.45, 2.75) is 19.4 Å². The van der Waals surface area contributed by atoms with Crippen molar-refractivity contribution in [2.24, 2.45) is 30.5 Å². The molecule has 0 aliphatic heterocycles. The summed E-state index contributed by atoms with van der Waals surface area (Å²) in [6.45, 7) is 1.92. The van der Waals surface area contributed by atoms with Crippen LogP contribution in [0.15, 0.2) is 29.0 Å². The standard InChI is InChI=1S/C17H20BrN7O/c1-8-12(7-25(2)24-8)21-17-20-6-11(18)16(23-17)22-14-10-4-3-9(5-10)13(14)15(19)26/h3-4,6-7,9-10,13-14H,5H2,1-2H3,(H2,19,26)(H2,20,21,22,23)/t9-,10+,13+,14-/m1/s1. The average molecular weight is 418 g/mol. The monoisotopic (exact) mass is 417 g/mol. The van der Waals surface area contributed by atoms with Crippen molar-refractivity contribution >= 4 is 39.3 Å². The fourth-order valence-corrected chi connectivity index (χ4v) is 4.24. The number of anilines is 3. The molecule has 4 rings (SSSR count). The number of hydrogen-bond acceptors (Lipinski definition) is 6. The van der Waals surface area contributed by atoms with Crippen molar-refractivity contribution in [1.82, 2.24) is 19.7 Å². The Morgan fingerprint density at radius 3 is 2.85 bits per heavy atom. The number of rotatable bonds is 5. The van der Waals surface area contributed by atoms with Gasteiger partial charge in [0.05, 0.1) is 21.8 Å². The zero-order chi connectivity index (χ0) is 18.4. The minimum absolute atomic E-state index is 0.0540. The highest BCUT2D eigenvalue weighted by molar-refractivity contribution is 9.10. The molecule has 4 N–H and O–H groups in total. The van der Waals surface area contributed by atoms with Crippen LogP contribution in [0.4, 0.5) is 17.5 Å². The van der Waals surface area contributed by atoms with E-state index in [9.17, 15) is 4.79 Å². The number of hydrogen-bond donors (Lipinski definition) is 3. The van der Waals surface area contributed by atoms with E-state index >= 15 is 0 Å². The molecule has 1 saturated carbocycles. The second-order valence-corrected chi connectivity index (χ2v) is 7.72. The Morgan fingerprint density at radius 2 is 2.15 bits per heavy atom. The molecule has 0 saturated heterocycles. The maximum absolute atomic E-state index is 11.9. The summed E-state index contributed by atoms with van der Waals surface area (Å²) in [6, 6.07) is -0.0540. The smallest absolute Gasteiger partial charge is 0.229 e. The van der Waals surface area contributed by atoms with Gasteiger partial charge >= 0.3 is 0 Å². The molecule has 2 aliphatic carbocycles. The van der Waals surface area contributed by atoms with Crippen LogP contribution in [0.25, 0.3) is 0 Å². The Bertz CT molecular complexity index is 893. The molecule has 0 unspecified atom stereocenters. The summed E-state index contributed by atoms with van der Waals surface area (Å²) < 4.78 is 2.47. The first-order valence-electron chi connectivity index (χ1n) is 8.46. The quantitative estimate of drug-likeness (QED) is 0.642. The van der Waals surface area contributed by atoms with Gasteiger partial charge in [-0.15, -0.1) is 0 Å². The molecule has 2 aromatic rings. The first kappa shape index (κ1) is 17.0. The van der Waals surface area contributed by atoms with Crippen molar-refractivity contribution in [3.05, 3.63) is 34.7 Å². The first-order valence-corrected chi connectivity index (χ1v) is 9.25. The van der Waals surface area contributed by atoms with Crippen LogP contribution in [0, 0.1) is 24.7 Å². The zero-order valence-electron chi connectivity index (χ0n) is 14.5. The van der Waals surface area contributed by atoms with E-state index in [4.69, 9.17) is 5.73 Å². The topological polar surface area (TPSA) is 111 Å². The summed E-state index contributed by atoms with van der Waals surface area (Å²) in [4.78, 5) is 20.8. The molecule has 2 aromatic heterocycles. The third kappa shape index (κ3) is 2.96. The number of nitrogens with two attached hydrogens (primary N) is 1. The molecule has 2 aliphatic rings. The predicted octanol–water partition coefficient (Wildman–Crippen LogP) is 2.11. The molecule has 9 heteroatoms. The first-order chi connectivity index (χ1) is 12.4. The molecule has 2 heterocycles. The Labute approximate surface area is 159 Å². The maximum Gasteiger partial charge on any atom is 0.229 e. The number of amides is 1. The van der Waals surface area contributed by atoms with E-state index in [2.05, 4.69) is 53.8 Å². The lowest BCUT2D eigenvalue weighted by Gasteiger charge is -2.27. The molecule has 0 aromatic carbocycles. The van der Waals surface area contributed by atoms with Gasteiger partial charge in [0.2, 0.25) is 11.9 Å². The molecule has 4 atom stereocenters. The summed E-state index contributed by atoms with van der Waals surface area (Å²) in [5.41, 5.74) is 7.35. The second kappa shape index (κ2) is 6.39. The van der Waals surface area contributed by atoms with Gasteiger partial charge in [-0.1, -0.05) is 12.2 Å². The molecular weight excluding hydrogens is 398 g/mol. The highest BCUT2D eigenvalue weighted by Crippen LogP contribution is 2.45. The summed E-state index contributed by atoms with van der Waals surface area (Å²) in [6.07, 6.45) is 8.78. The Hall–Kier alpha value is -2.42. The number of nitrogens with one attached hydrogen (secondary N) is 2. The second-order valence-electron chi connectivity index (χ2n) is 6.86. The molecule has 1 amide bonds. The van der Waals surface area contributed by atoms with Crippen LogP contribution in [0.2, 0.25) is 0 Å². The van der Waals surface area contributed by atoms with E-state index in [1.165, 1.54) is 0 Å². The highest BCUT2D eigenvalue weighted by atomic mass is 79.9. The number of allylic oxidation sites excluding steroid dienone is 1. The van der Waals surface area contributed by atoms with Crippen molar-refractivity contribution in [2.75, 3.05) is 10.6 Å². The van der Waals surface area contributed by atoms with Gasteiger partial charge < -0.3 is 16.4 Å². The zero-order valence-corrected chi connectivity index (χ0v) is 16.1. The Kier molecular flexibility index (Phi) is 4.18. The van der Waals surface area contributed by atoms with Crippen molar-refractivity contribution in [3.63, 3.8) is 0 Å². The SMILES string of the molecule is Cc1nn(C)cc1Nc1ncc(Br)c(N[C@H]2[C@@H](C(N)=O)[C@@H]3C=C[C@H]2C3)n1. The minimum Gasteiger partial charge on any atom is -0.369 e. The predicted molar refractivity (Wildman–Crippen MR) is 102 cm³/mol. The number of carbonyl (C=O) groups is 1. The summed E-state index contributed by atoms with van der Waals surface area (Å²) in [5, 5.41) is 10.9. The molecule has 8 nitrogen and oxygen atoms in total. The van der Waals surface area contributed by atoms with Crippen molar-refractivity contribution in [3.8, 4) is 0 Å². The van der Waals surface area contributed by atoms with Crippen LogP contribution in [0.1, 0.15) is 12.1 Å². The van der Waals surface area contributed by atoms with Crippen LogP contribution in [0.5, 0.6) is 0 Å². The van der Waals surface area contributed by atoms with Crippen molar-refractivity contribution in [1.29, 1.82) is 0 Å². The maximum atomic E-state index is 11.9. The molecule has 1 fully saturated rings. The number of aromatic nitrogens is 4. The van der Waals surface area contributed by atoms with E-state index in [0.717, 1.165) is 22.3 Å². The summed E-state index contributed by atoms with van der Waals surface area (Å²) in [7, 11) is 1.86. The number of fused-ring (bicyclic) bond motifs is 2. The number of carbonyl (C=O) groups excluding carboxylic acids is 1. The van der Waals surface area contributed by atoms with E-state index in [1.54, 1.807) is 10.9 Å². The molecule has 2 bridgehead atoms. The molecule has 0 spiro atoms. The van der Waals surface area contributed by atoms with Gasteiger partial charge in [-0.3, -0.25) is 9.48 Å². The molecular formula is C17H20BrN7O. The van der Waals surface area contributed by atoms with Crippen LogP contribution in [0.3, 0.4) is 0 Å². The Morgan fingerprint density at radius 1 is 1.38 bits per heavy atom. The van der Waals surface area contributed by atoms with E-state index in [-0.39, 0.29) is 29.7 Å². The van der Waals surface area contributed by atoms with Gasteiger partial charge in [-0.2, -0.15) is 10.1 Å². The van der Waals surface area contributed by atoms with Gasteiger partial charge in [-0.05, 0) is 41.1 Å². The van der Waals surface area contributed by atoms with Gasteiger partial charge in [0.15, 0.2) is 0 Å². The largest absolute Gasteiger partial charge is 0.369 e. The Balaban J connectivity index is 1.58. The minimum atomic E-state index is -0.270. The number of aryl methyl sites for hydroxylation is 2. The molecule has 136 valence electrons. The van der Waals surface area contributed by atoms with Crippen LogP contribution >= 0.6 is 15.9 Å². The lowest BCUT2D eigenvalue weighted by atomic mass is 9.88. The normalized spacial score (nSPS) is 26.3.